The van der Waals surface area contributed by atoms with E-state index in [-0.39, 0.29) is 23.4 Å². The minimum absolute atomic E-state index is 0.0579. The highest BCUT2D eigenvalue weighted by Crippen LogP contribution is 2.39. The summed E-state index contributed by atoms with van der Waals surface area (Å²) in [4.78, 5) is 13.6. The van der Waals surface area contributed by atoms with Gasteiger partial charge in [-0.05, 0) is 11.6 Å². The maximum atomic E-state index is 13.8. The van der Waals surface area contributed by atoms with Crippen LogP contribution in [0.4, 0.5) is 8.78 Å². The average Bonchev–Trinajstić information content (AvgIpc) is 2.86. The highest BCUT2D eigenvalue weighted by molar-refractivity contribution is 8.00. The Morgan fingerprint density at radius 2 is 1.86 bits per heavy atom. The Labute approximate surface area is 125 Å². The van der Waals surface area contributed by atoms with Gasteiger partial charge >= 0.3 is 0 Å². The van der Waals surface area contributed by atoms with E-state index in [0.717, 1.165) is 11.6 Å². The summed E-state index contributed by atoms with van der Waals surface area (Å²) in [6, 6.07) is 13.6. The lowest BCUT2D eigenvalue weighted by Gasteiger charge is -2.24. The van der Waals surface area contributed by atoms with Crippen molar-refractivity contribution in [3.63, 3.8) is 0 Å². The largest absolute Gasteiger partial charge is 0.321 e. The van der Waals surface area contributed by atoms with E-state index >= 15 is 0 Å². The first-order valence-corrected chi connectivity index (χ1v) is 7.60. The van der Waals surface area contributed by atoms with Crippen LogP contribution in [0.15, 0.2) is 48.5 Å². The van der Waals surface area contributed by atoms with Crippen LogP contribution < -0.4 is 0 Å². The zero-order valence-electron chi connectivity index (χ0n) is 11.1. The second-order valence-corrected chi connectivity index (χ2v) is 5.88. The number of carbonyl (C=O) groups is 1. The van der Waals surface area contributed by atoms with E-state index in [1.807, 2.05) is 30.3 Å². The Balaban J connectivity index is 1.88. The Hall–Kier alpha value is -1.88. The molecule has 0 aliphatic carbocycles. The van der Waals surface area contributed by atoms with Crippen molar-refractivity contribution >= 4 is 17.7 Å². The molecule has 0 radical (unpaired) electrons. The van der Waals surface area contributed by atoms with E-state index in [2.05, 4.69) is 0 Å². The topological polar surface area (TPSA) is 20.3 Å². The summed E-state index contributed by atoms with van der Waals surface area (Å²) >= 11 is 1.50. The molecule has 1 unspecified atom stereocenters. The lowest BCUT2D eigenvalue weighted by atomic mass is 10.1. The van der Waals surface area contributed by atoms with Crippen molar-refractivity contribution in [1.29, 1.82) is 0 Å². The number of hydrogen-bond donors (Lipinski definition) is 0. The predicted molar refractivity (Wildman–Crippen MR) is 78.5 cm³/mol. The Kier molecular flexibility index (Phi) is 3.92. The molecule has 1 fully saturated rings. The molecule has 108 valence electrons. The van der Waals surface area contributed by atoms with E-state index in [4.69, 9.17) is 0 Å². The van der Waals surface area contributed by atoms with Gasteiger partial charge in [0.05, 0.1) is 12.3 Å². The normalized spacial score (nSPS) is 18.3. The lowest BCUT2D eigenvalue weighted by molar-refractivity contribution is -0.128. The van der Waals surface area contributed by atoms with Gasteiger partial charge in [-0.1, -0.05) is 42.5 Å². The molecule has 1 atom stereocenters. The molecule has 1 saturated heterocycles. The average molecular weight is 305 g/mol. The molecule has 2 nitrogen and oxygen atoms in total. The summed E-state index contributed by atoms with van der Waals surface area (Å²) in [5, 5.41) is -0.152. The molecule has 1 heterocycles. The summed E-state index contributed by atoms with van der Waals surface area (Å²) < 4.78 is 27.1. The van der Waals surface area contributed by atoms with Gasteiger partial charge in [-0.2, -0.15) is 0 Å². The van der Waals surface area contributed by atoms with Crippen LogP contribution in [0.5, 0.6) is 0 Å². The van der Waals surface area contributed by atoms with Gasteiger partial charge in [0.2, 0.25) is 5.91 Å². The molecule has 1 aliphatic rings. The van der Waals surface area contributed by atoms with E-state index in [1.165, 1.54) is 23.9 Å². The molecular formula is C16H13F2NOS. The molecule has 5 heteroatoms. The van der Waals surface area contributed by atoms with E-state index in [1.54, 1.807) is 4.90 Å². The van der Waals surface area contributed by atoms with Crippen molar-refractivity contribution in [3.05, 3.63) is 71.3 Å². The van der Waals surface area contributed by atoms with Crippen LogP contribution in [0.3, 0.4) is 0 Å². The lowest BCUT2D eigenvalue weighted by Crippen LogP contribution is -2.28. The van der Waals surface area contributed by atoms with Crippen molar-refractivity contribution in [1.82, 2.24) is 4.90 Å². The number of amides is 1. The monoisotopic (exact) mass is 305 g/mol. The van der Waals surface area contributed by atoms with Crippen LogP contribution in [0.2, 0.25) is 0 Å². The van der Waals surface area contributed by atoms with Crippen molar-refractivity contribution < 1.29 is 13.6 Å². The van der Waals surface area contributed by atoms with E-state index in [0.29, 0.717) is 5.75 Å². The highest BCUT2D eigenvalue weighted by atomic mass is 32.2. The minimum atomic E-state index is -0.886. The summed E-state index contributed by atoms with van der Waals surface area (Å²) in [7, 11) is 0. The maximum Gasteiger partial charge on any atom is 0.234 e. The second kappa shape index (κ2) is 5.85. The van der Waals surface area contributed by atoms with Crippen LogP contribution >= 0.6 is 11.8 Å². The molecule has 0 aromatic heterocycles. The zero-order chi connectivity index (χ0) is 14.8. The maximum absolute atomic E-state index is 13.8. The fraction of sp³-hybridized carbons (Fsp3) is 0.188. The third kappa shape index (κ3) is 2.78. The van der Waals surface area contributed by atoms with Crippen LogP contribution in [0, 0.1) is 11.6 Å². The number of hydrogen-bond acceptors (Lipinski definition) is 2. The molecule has 3 rings (SSSR count). The zero-order valence-corrected chi connectivity index (χ0v) is 11.9. The van der Waals surface area contributed by atoms with Gasteiger partial charge < -0.3 is 4.90 Å². The quantitative estimate of drug-likeness (QED) is 0.861. The number of thioether (sulfide) groups is 1. The predicted octanol–water partition coefficient (Wildman–Crippen LogP) is 3.74. The van der Waals surface area contributed by atoms with Gasteiger partial charge in [0, 0.05) is 5.56 Å². The Morgan fingerprint density at radius 1 is 1.10 bits per heavy atom. The smallest absolute Gasteiger partial charge is 0.234 e. The number of nitrogens with zero attached hydrogens (tertiary/aromatic N) is 1. The summed E-state index contributed by atoms with van der Waals surface area (Å²) in [6.45, 7) is 0.0784. The van der Waals surface area contributed by atoms with E-state index in [9.17, 15) is 13.6 Å². The standard InChI is InChI=1S/C16H13F2NOS/c17-13-8-4-7-12(15(13)18)9-19-14(20)10-21-16(19)11-5-2-1-3-6-11/h1-8,16H,9-10H2. The number of benzene rings is 2. The van der Waals surface area contributed by atoms with Gasteiger partial charge in [0.1, 0.15) is 5.37 Å². The molecule has 2 aromatic carbocycles. The first-order valence-electron chi connectivity index (χ1n) is 6.55. The van der Waals surface area contributed by atoms with Crippen LogP contribution in [-0.2, 0) is 11.3 Å². The van der Waals surface area contributed by atoms with Gasteiger partial charge in [0.25, 0.3) is 0 Å². The summed E-state index contributed by atoms with van der Waals surface area (Å²) in [5.41, 5.74) is 1.19. The van der Waals surface area contributed by atoms with Crippen molar-refractivity contribution in [2.75, 3.05) is 5.75 Å². The summed E-state index contributed by atoms with van der Waals surface area (Å²) in [6.07, 6.45) is 0. The van der Waals surface area contributed by atoms with Crippen molar-refractivity contribution in [2.24, 2.45) is 0 Å². The van der Waals surface area contributed by atoms with Gasteiger partial charge in [-0.25, -0.2) is 8.78 Å². The van der Waals surface area contributed by atoms with Gasteiger partial charge in [-0.15, -0.1) is 11.8 Å². The summed E-state index contributed by atoms with van der Waals surface area (Å²) in [5.74, 6) is -1.47. The molecular weight excluding hydrogens is 292 g/mol. The fourth-order valence-corrected chi connectivity index (χ4v) is 3.56. The van der Waals surface area contributed by atoms with Crippen LogP contribution in [0.25, 0.3) is 0 Å². The van der Waals surface area contributed by atoms with Crippen molar-refractivity contribution in [3.8, 4) is 0 Å². The van der Waals surface area contributed by atoms with Gasteiger partial charge in [0.15, 0.2) is 11.6 Å². The van der Waals surface area contributed by atoms with Gasteiger partial charge in [-0.3, -0.25) is 4.79 Å². The molecule has 1 amide bonds. The molecule has 0 bridgehead atoms. The first kappa shape index (κ1) is 14.1. The third-order valence-electron chi connectivity index (χ3n) is 3.43. The minimum Gasteiger partial charge on any atom is -0.321 e. The molecule has 2 aromatic rings. The third-order valence-corrected chi connectivity index (χ3v) is 4.68. The molecule has 0 saturated carbocycles. The van der Waals surface area contributed by atoms with Crippen LogP contribution in [0.1, 0.15) is 16.5 Å². The molecule has 1 aliphatic heterocycles. The number of halogens is 2. The highest BCUT2D eigenvalue weighted by Gasteiger charge is 2.33. The number of rotatable bonds is 3. The molecule has 0 N–H and O–H groups in total. The van der Waals surface area contributed by atoms with E-state index < -0.39 is 11.6 Å². The van der Waals surface area contributed by atoms with Crippen LogP contribution in [-0.4, -0.2) is 16.6 Å². The second-order valence-electron chi connectivity index (χ2n) is 4.81. The SMILES string of the molecule is O=C1CSC(c2ccccc2)N1Cc1cccc(F)c1F. The Morgan fingerprint density at radius 3 is 2.62 bits per heavy atom. The molecule has 0 spiro atoms. The van der Waals surface area contributed by atoms with Crippen molar-refractivity contribution in [2.45, 2.75) is 11.9 Å². The Bertz CT molecular complexity index is 663. The molecule has 21 heavy (non-hydrogen) atoms. The first-order chi connectivity index (χ1) is 10.2. The number of carbonyl (C=O) groups excluding carboxylic acids is 1. The fourth-order valence-electron chi connectivity index (χ4n) is 2.37.